The number of para-hydroxylation sites is 1. The van der Waals surface area contributed by atoms with Gasteiger partial charge in [-0.25, -0.2) is 0 Å². The number of fused-ring (bicyclic) bond motifs is 3. The number of methoxy groups -OCH3 is 1. The Hall–Kier alpha value is -3.14. The van der Waals surface area contributed by atoms with Gasteiger partial charge in [-0.05, 0) is 30.9 Å². The third-order valence-corrected chi connectivity index (χ3v) is 7.33. The van der Waals surface area contributed by atoms with Crippen molar-refractivity contribution < 1.29 is 14.3 Å². The molecule has 3 aliphatic rings. The van der Waals surface area contributed by atoms with Crippen LogP contribution < -0.4 is 16.4 Å². The van der Waals surface area contributed by atoms with Crippen molar-refractivity contribution in [1.29, 1.82) is 0 Å². The van der Waals surface area contributed by atoms with E-state index in [9.17, 15) is 9.59 Å². The maximum atomic E-state index is 13.9. The fraction of sp³-hybridized carbons (Fsp3) is 0.565. The van der Waals surface area contributed by atoms with Crippen LogP contribution in [0.1, 0.15) is 54.3 Å². The van der Waals surface area contributed by atoms with Crippen molar-refractivity contribution >= 4 is 23.5 Å². The summed E-state index contributed by atoms with van der Waals surface area (Å²) in [4.78, 5) is 32.6. The molecule has 2 aromatic rings. The summed E-state index contributed by atoms with van der Waals surface area (Å²) < 4.78 is 5.48. The number of nitrogen functional groups attached to an aromatic ring is 1. The molecule has 1 saturated carbocycles. The van der Waals surface area contributed by atoms with Crippen LogP contribution in [0.2, 0.25) is 0 Å². The Kier molecular flexibility index (Phi) is 5.92. The van der Waals surface area contributed by atoms with Gasteiger partial charge >= 0.3 is 0 Å². The predicted octanol–water partition coefficient (Wildman–Crippen LogP) is 1.71. The Morgan fingerprint density at radius 1 is 1.24 bits per heavy atom. The number of likely N-dealkylation sites (tertiary alicyclic amines) is 1. The molecule has 10 nitrogen and oxygen atoms in total. The largest absolute Gasteiger partial charge is 0.383 e. The van der Waals surface area contributed by atoms with E-state index in [1.54, 1.807) is 7.11 Å². The Morgan fingerprint density at radius 2 is 2.06 bits per heavy atom. The lowest BCUT2D eigenvalue weighted by Crippen LogP contribution is -2.51. The van der Waals surface area contributed by atoms with E-state index in [0.29, 0.717) is 13.2 Å². The van der Waals surface area contributed by atoms with Crippen LogP contribution in [0, 0.1) is 11.8 Å². The summed E-state index contributed by atoms with van der Waals surface area (Å²) in [6.45, 7) is 1.31. The average molecular weight is 454 g/mol. The molecular weight excluding hydrogens is 422 g/mol. The number of rotatable bonds is 5. The van der Waals surface area contributed by atoms with E-state index < -0.39 is 0 Å². The summed E-state index contributed by atoms with van der Waals surface area (Å²) in [5, 5.41) is 12.9. The maximum Gasteiger partial charge on any atom is 0.288 e. The molecule has 0 radical (unpaired) electrons. The molecular formula is C23H31N7O3. The summed E-state index contributed by atoms with van der Waals surface area (Å²) in [5.41, 5.74) is 7.76. The second-order valence-corrected chi connectivity index (χ2v) is 9.24. The minimum Gasteiger partial charge on any atom is -0.383 e. The Bertz CT molecular complexity index is 1020. The molecule has 33 heavy (non-hydrogen) atoms. The van der Waals surface area contributed by atoms with Gasteiger partial charge in [0.05, 0.1) is 24.6 Å². The van der Waals surface area contributed by atoms with Gasteiger partial charge in [0.2, 0.25) is 17.7 Å². The Morgan fingerprint density at radius 3 is 2.85 bits per heavy atom. The number of anilines is 2. The van der Waals surface area contributed by atoms with Crippen LogP contribution in [-0.4, -0.2) is 64.2 Å². The van der Waals surface area contributed by atoms with Crippen LogP contribution in [0.25, 0.3) is 0 Å². The number of carbonyl (C=O) groups excluding carboxylic acids is 2. The first-order chi connectivity index (χ1) is 16.1. The number of amides is 2. The number of nitrogens with one attached hydrogen (secondary N) is 3. The molecule has 0 unspecified atom stereocenters. The molecule has 1 aliphatic carbocycles. The van der Waals surface area contributed by atoms with Crippen LogP contribution in [-0.2, 0) is 9.53 Å². The van der Waals surface area contributed by atoms with E-state index in [4.69, 9.17) is 10.5 Å². The predicted molar refractivity (Wildman–Crippen MR) is 122 cm³/mol. The lowest BCUT2D eigenvalue weighted by atomic mass is 9.81. The molecule has 1 saturated heterocycles. The highest BCUT2D eigenvalue weighted by Gasteiger charge is 2.48. The van der Waals surface area contributed by atoms with Gasteiger partial charge in [-0.15, -0.1) is 5.10 Å². The number of aromatic amines is 1. The Labute approximate surface area is 192 Å². The minimum atomic E-state index is -0.379. The number of nitrogens with two attached hydrogens (primary N) is 1. The van der Waals surface area contributed by atoms with E-state index in [1.165, 1.54) is 0 Å². The van der Waals surface area contributed by atoms with E-state index >= 15 is 0 Å². The highest BCUT2D eigenvalue weighted by Crippen LogP contribution is 2.47. The van der Waals surface area contributed by atoms with E-state index in [-0.39, 0.29) is 53.5 Å². The number of hydrogen-bond donors (Lipinski definition) is 4. The number of hydrogen-bond acceptors (Lipinski definition) is 7. The van der Waals surface area contributed by atoms with E-state index in [0.717, 1.165) is 43.4 Å². The van der Waals surface area contributed by atoms with Crippen LogP contribution in [0.15, 0.2) is 24.3 Å². The zero-order valence-electron chi connectivity index (χ0n) is 18.8. The fourth-order valence-electron chi connectivity index (χ4n) is 5.85. The first-order valence-corrected chi connectivity index (χ1v) is 11.7. The number of nitrogens with zero attached hydrogens (tertiary/aromatic N) is 3. The zero-order valence-corrected chi connectivity index (χ0v) is 18.8. The average Bonchev–Trinajstić information content (AvgIpc) is 3.46. The van der Waals surface area contributed by atoms with Crippen LogP contribution >= 0.6 is 0 Å². The maximum absolute atomic E-state index is 13.9. The van der Waals surface area contributed by atoms with Crippen molar-refractivity contribution in [2.75, 3.05) is 31.3 Å². The second kappa shape index (κ2) is 9.01. The fourth-order valence-corrected chi connectivity index (χ4v) is 5.85. The SMILES string of the molecule is COC[C@@H]1Nc2ccccc2[C@H]2[C@@H]1CCN2C(=O)[C@H]1CCCC[C@H]1NC(=O)c1nc(N)n[nH]1. The van der Waals surface area contributed by atoms with E-state index in [1.807, 2.05) is 12.1 Å². The molecule has 1 aromatic carbocycles. The summed E-state index contributed by atoms with van der Waals surface area (Å²) in [5.74, 6) is -0.134. The van der Waals surface area contributed by atoms with Gasteiger partial charge < -0.3 is 26.0 Å². The minimum absolute atomic E-state index is 0.0162. The van der Waals surface area contributed by atoms with Crippen molar-refractivity contribution in [3.63, 3.8) is 0 Å². The van der Waals surface area contributed by atoms with E-state index in [2.05, 4.69) is 42.8 Å². The topological polar surface area (TPSA) is 138 Å². The van der Waals surface area contributed by atoms with Crippen molar-refractivity contribution in [2.24, 2.45) is 11.8 Å². The molecule has 2 aliphatic heterocycles. The lowest BCUT2D eigenvalue weighted by molar-refractivity contribution is -0.139. The zero-order chi connectivity index (χ0) is 22.9. The van der Waals surface area contributed by atoms with Crippen LogP contribution in [0.5, 0.6) is 0 Å². The molecule has 0 bridgehead atoms. The van der Waals surface area contributed by atoms with Crippen LogP contribution in [0.3, 0.4) is 0 Å². The number of benzene rings is 1. The first-order valence-electron chi connectivity index (χ1n) is 11.7. The molecule has 5 atom stereocenters. The van der Waals surface area contributed by atoms with Gasteiger partial charge in [0.1, 0.15) is 0 Å². The molecule has 5 N–H and O–H groups in total. The van der Waals surface area contributed by atoms with Crippen molar-refractivity contribution in [3.8, 4) is 0 Å². The standard InChI is InChI=1S/C23H31N7O3/c1-33-12-18-14-10-11-30(19(14)13-6-2-4-8-16(13)25-18)22(32)15-7-3-5-9-17(15)26-21(31)20-27-23(24)29-28-20/h2,4,6,8,14-15,17-19,25H,3,5,7,9-12H2,1H3,(H,26,31)(H3,24,27,28,29)/t14-,15+,17-,18+,19+/m1/s1. The van der Waals surface area contributed by atoms with Crippen molar-refractivity contribution in [2.45, 2.75) is 50.2 Å². The summed E-state index contributed by atoms with van der Waals surface area (Å²) in [7, 11) is 1.71. The molecule has 1 aromatic heterocycles. The van der Waals surface area contributed by atoms with Gasteiger partial charge in [-0.2, -0.15) is 4.98 Å². The third-order valence-electron chi connectivity index (χ3n) is 7.33. The molecule has 5 rings (SSSR count). The van der Waals surface area contributed by atoms with Gasteiger partial charge in [0.15, 0.2) is 0 Å². The van der Waals surface area contributed by atoms with Crippen molar-refractivity contribution in [3.05, 3.63) is 35.7 Å². The summed E-state index contributed by atoms with van der Waals surface area (Å²) >= 11 is 0. The molecule has 176 valence electrons. The highest BCUT2D eigenvalue weighted by molar-refractivity contribution is 5.91. The second-order valence-electron chi connectivity index (χ2n) is 9.24. The molecule has 0 spiro atoms. The third kappa shape index (κ3) is 4.03. The molecule has 10 heteroatoms. The van der Waals surface area contributed by atoms with Gasteiger partial charge in [0.25, 0.3) is 5.91 Å². The summed E-state index contributed by atoms with van der Waals surface area (Å²) in [6, 6.07) is 8.16. The highest BCUT2D eigenvalue weighted by atomic mass is 16.5. The van der Waals surface area contributed by atoms with Gasteiger partial charge in [-0.1, -0.05) is 31.0 Å². The van der Waals surface area contributed by atoms with Crippen molar-refractivity contribution in [1.82, 2.24) is 25.4 Å². The first kappa shape index (κ1) is 21.7. The van der Waals surface area contributed by atoms with Crippen LogP contribution in [0.4, 0.5) is 11.6 Å². The number of ether oxygens (including phenoxy) is 1. The van der Waals surface area contributed by atoms with Gasteiger partial charge in [0, 0.05) is 31.3 Å². The number of carbonyl (C=O) groups is 2. The molecule has 2 amide bonds. The molecule has 3 heterocycles. The van der Waals surface area contributed by atoms with Gasteiger partial charge in [-0.3, -0.25) is 14.7 Å². The quantitative estimate of drug-likeness (QED) is 0.540. The Balaban J connectivity index is 1.38. The summed E-state index contributed by atoms with van der Waals surface area (Å²) in [6.07, 6.45) is 4.40. The monoisotopic (exact) mass is 453 g/mol. The normalized spacial score (nSPS) is 28.5. The lowest BCUT2D eigenvalue weighted by Gasteiger charge is -2.41. The number of aromatic nitrogens is 3. The molecule has 2 fully saturated rings. The number of H-pyrrole nitrogens is 1. The smallest absolute Gasteiger partial charge is 0.288 e.